The van der Waals surface area contributed by atoms with Crippen LogP contribution in [-0.2, 0) is 6.54 Å². The van der Waals surface area contributed by atoms with Gasteiger partial charge in [0.2, 0.25) is 0 Å². The summed E-state index contributed by atoms with van der Waals surface area (Å²) in [5.74, 6) is 1.06. The number of anilines is 1. The lowest BCUT2D eigenvalue weighted by atomic mass is 10.0. The first-order chi connectivity index (χ1) is 10.9. The van der Waals surface area contributed by atoms with Gasteiger partial charge in [-0.1, -0.05) is 43.3 Å². The van der Waals surface area contributed by atoms with E-state index in [4.69, 9.17) is 0 Å². The molecule has 3 nitrogen and oxygen atoms in total. The fraction of sp³-hybridized carbons (Fsp3) is 0.421. The van der Waals surface area contributed by atoms with Gasteiger partial charge < -0.3 is 5.32 Å². The van der Waals surface area contributed by atoms with Crippen molar-refractivity contribution in [1.29, 1.82) is 0 Å². The standard InChI is InChI=1S/C19H25N3/c1-2-12-20-19-17(10-6-13-21-19)18-11-7-14-22(18)15-16-8-4-3-5-9-16/h3-6,8-10,13,18H,2,7,11-12,14-15H2,1H3,(H,20,21)/t18-/m0/s1. The highest BCUT2D eigenvalue weighted by atomic mass is 15.2. The van der Waals surface area contributed by atoms with Gasteiger partial charge in [0.25, 0.3) is 0 Å². The second-order valence-electron chi connectivity index (χ2n) is 5.98. The predicted molar refractivity (Wildman–Crippen MR) is 91.8 cm³/mol. The minimum absolute atomic E-state index is 0.480. The monoisotopic (exact) mass is 295 g/mol. The zero-order chi connectivity index (χ0) is 15.2. The first-order valence-corrected chi connectivity index (χ1v) is 8.35. The molecule has 116 valence electrons. The Morgan fingerprint density at radius 3 is 2.86 bits per heavy atom. The van der Waals surface area contributed by atoms with Gasteiger partial charge in [0.15, 0.2) is 0 Å². The highest BCUT2D eigenvalue weighted by Crippen LogP contribution is 2.35. The van der Waals surface area contributed by atoms with Crippen molar-refractivity contribution in [2.45, 2.75) is 38.8 Å². The molecule has 0 amide bonds. The Morgan fingerprint density at radius 2 is 2.05 bits per heavy atom. The van der Waals surface area contributed by atoms with Crippen LogP contribution in [0, 0.1) is 0 Å². The van der Waals surface area contributed by atoms with Gasteiger partial charge in [-0.15, -0.1) is 0 Å². The normalized spacial score (nSPS) is 18.5. The van der Waals surface area contributed by atoms with Crippen molar-refractivity contribution in [3.8, 4) is 0 Å². The molecular formula is C19H25N3. The number of hydrogen-bond acceptors (Lipinski definition) is 3. The second-order valence-corrected chi connectivity index (χ2v) is 5.98. The summed E-state index contributed by atoms with van der Waals surface area (Å²) in [4.78, 5) is 7.15. The molecule has 1 aliphatic heterocycles. The molecule has 1 aromatic carbocycles. The fourth-order valence-electron chi connectivity index (χ4n) is 3.26. The predicted octanol–water partition coefficient (Wildman–Crippen LogP) is 4.24. The van der Waals surface area contributed by atoms with Crippen LogP contribution in [0.5, 0.6) is 0 Å². The van der Waals surface area contributed by atoms with Crippen molar-refractivity contribution in [1.82, 2.24) is 9.88 Å². The number of nitrogens with one attached hydrogen (secondary N) is 1. The Labute approximate surface area is 133 Å². The molecule has 0 aliphatic carbocycles. The highest BCUT2D eigenvalue weighted by molar-refractivity contribution is 5.46. The molecule has 1 aromatic heterocycles. The van der Waals surface area contributed by atoms with Crippen LogP contribution in [0.3, 0.4) is 0 Å². The topological polar surface area (TPSA) is 28.2 Å². The molecule has 1 N–H and O–H groups in total. The average Bonchev–Trinajstić information content (AvgIpc) is 3.02. The summed E-state index contributed by atoms with van der Waals surface area (Å²) < 4.78 is 0. The maximum Gasteiger partial charge on any atom is 0.130 e. The van der Waals surface area contributed by atoms with E-state index in [1.165, 1.54) is 30.5 Å². The number of hydrogen-bond donors (Lipinski definition) is 1. The van der Waals surface area contributed by atoms with Gasteiger partial charge in [-0.25, -0.2) is 4.98 Å². The largest absolute Gasteiger partial charge is 0.370 e. The lowest BCUT2D eigenvalue weighted by Gasteiger charge is -2.26. The van der Waals surface area contributed by atoms with Gasteiger partial charge in [0.1, 0.15) is 5.82 Å². The minimum atomic E-state index is 0.480. The molecule has 0 bridgehead atoms. The Hall–Kier alpha value is -1.87. The molecule has 2 heterocycles. The van der Waals surface area contributed by atoms with E-state index < -0.39 is 0 Å². The van der Waals surface area contributed by atoms with Crippen LogP contribution in [0.2, 0.25) is 0 Å². The fourth-order valence-corrected chi connectivity index (χ4v) is 3.26. The third-order valence-corrected chi connectivity index (χ3v) is 4.33. The molecule has 0 radical (unpaired) electrons. The van der Waals surface area contributed by atoms with Gasteiger partial charge in [-0.3, -0.25) is 4.90 Å². The molecule has 0 saturated carbocycles. The SMILES string of the molecule is CCCNc1ncccc1[C@@H]1CCCN1Cc1ccccc1. The summed E-state index contributed by atoms with van der Waals surface area (Å²) in [5.41, 5.74) is 2.74. The molecular weight excluding hydrogens is 270 g/mol. The molecule has 3 heteroatoms. The van der Waals surface area contributed by atoms with Gasteiger partial charge >= 0.3 is 0 Å². The van der Waals surface area contributed by atoms with Gasteiger partial charge in [0.05, 0.1) is 0 Å². The van der Waals surface area contributed by atoms with E-state index >= 15 is 0 Å². The van der Waals surface area contributed by atoms with Crippen molar-refractivity contribution < 1.29 is 0 Å². The quantitative estimate of drug-likeness (QED) is 0.864. The highest BCUT2D eigenvalue weighted by Gasteiger charge is 2.28. The molecule has 3 rings (SSSR count). The minimum Gasteiger partial charge on any atom is -0.370 e. The number of benzene rings is 1. The van der Waals surface area contributed by atoms with Gasteiger partial charge in [0, 0.05) is 30.9 Å². The van der Waals surface area contributed by atoms with Gasteiger partial charge in [-0.2, -0.15) is 0 Å². The molecule has 1 fully saturated rings. The third kappa shape index (κ3) is 3.47. The van der Waals surface area contributed by atoms with Crippen LogP contribution in [-0.4, -0.2) is 23.0 Å². The van der Waals surface area contributed by atoms with E-state index in [-0.39, 0.29) is 0 Å². The number of likely N-dealkylation sites (tertiary alicyclic amines) is 1. The molecule has 0 unspecified atom stereocenters. The molecule has 1 aliphatic rings. The zero-order valence-electron chi connectivity index (χ0n) is 13.3. The Bertz CT molecular complexity index is 582. The van der Waals surface area contributed by atoms with Crippen LogP contribution in [0.4, 0.5) is 5.82 Å². The molecule has 1 saturated heterocycles. The maximum absolute atomic E-state index is 4.56. The van der Waals surface area contributed by atoms with E-state index in [1.54, 1.807) is 0 Å². The maximum atomic E-state index is 4.56. The van der Waals surface area contributed by atoms with Crippen LogP contribution >= 0.6 is 0 Å². The number of aromatic nitrogens is 1. The van der Waals surface area contributed by atoms with E-state index in [0.717, 1.165) is 25.3 Å². The molecule has 22 heavy (non-hydrogen) atoms. The van der Waals surface area contributed by atoms with Crippen LogP contribution in [0.1, 0.15) is 43.4 Å². The smallest absolute Gasteiger partial charge is 0.130 e. The summed E-state index contributed by atoms with van der Waals surface area (Å²) in [6.45, 7) is 5.36. The van der Waals surface area contributed by atoms with Crippen molar-refractivity contribution in [3.63, 3.8) is 0 Å². The number of nitrogens with zero attached hydrogens (tertiary/aromatic N) is 2. The van der Waals surface area contributed by atoms with Crippen molar-refractivity contribution in [2.75, 3.05) is 18.4 Å². The van der Waals surface area contributed by atoms with E-state index in [2.05, 4.69) is 64.6 Å². The van der Waals surface area contributed by atoms with Gasteiger partial charge in [-0.05, 0) is 37.4 Å². The Kier molecular flexibility index (Phi) is 5.07. The lowest BCUT2D eigenvalue weighted by Crippen LogP contribution is -2.24. The van der Waals surface area contributed by atoms with E-state index in [0.29, 0.717) is 6.04 Å². The van der Waals surface area contributed by atoms with Crippen molar-refractivity contribution in [3.05, 3.63) is 59.8 Å². The van der Waals surface area contributed by atoms with Crippen LogP contribution < -0.4 is 5.32 Å². The summed E-state index contributed by atoms with van der Waals surface area (Å²) >= 11 is 0. The first kappa shape index (κ1) is 15.0. The van der Waals surface area contributed by atoms with Crippen LogP contribution in [0.25, 0.3) is 0 Å². The molecule has 0 spiro atoms. The number of pyridine rings is 1. The Balaban J connectivity index is 1.78. The summed E-state index contributed by atoms with van der Waals surface area (Å²) in [5, 5.41) is 3.49. The first-order valence-electron chi connectivity index (χ1n) is 8.35. The summed E-state index contributed by atoms with van der Waals surface area (Å²) in [7, 11) is 0. The Morgan fingerprint density at radius 1 is 1.18 bits per heavy atom. The average molecular weight is 295 g/mol. The van der Waals surface area contributed by atoms with Crippen molar-refractivity contribution >= 4 is 5.82 Å². The lowest BCUT2D eigenvalue weighted by molar-refractivity contribution is 0.248. The van der Waals surface area contributed by atoms with Crippen molar-refractivity contribution in [2.24, 2.45) is 0 Å². The molecule has 1 atom stereocenters. The zero-order valence-corrected chi connectivity index (χ0v) is 13.3. The summed E-state index contributed by atoms with van der Waals surface area (Å²) in [6, 6.07) is 15.5. The second kappa shape index (κ2) is 7.41. The third-order valence-electron chi connectivity index (χ3n) is 4.33. The molecule has 2 aromatic rings. The van der Waals surface area contributed by atoms with Crippen LogP contribution in [0.15, 0.2) is 48.7 Å². The summed E-state index contributed by atoms with van der Waals surface area (Å²) in [6.07, 6.45) is 5.49. The number of rotatable bonds is 6. The van der Waals surface area contributed by atoms with E-state index in [9.17, 15) is 0 Å². The van der Waals surface area contributed by atoms with E-state index in [1.807, 2.05) is 6.20 Å².